The second-order valence-electron chi connectivity index (χ2n) is 4.54. The third-order valence-electron chi connectivity index (χ3n) is 2.82. The highest BCUT2D eigenvalue weighted by molar-refractivity contribution is 9.10. The molecule has 0 atom stereocenters. The Hall–Kier alpha value is -0.640. The van der Waals surface area contributed by atoms with Crippen molar-refractivity contribution in [2.45, 2.75) is 32.6 Å². The van der Waals surface area contributed by atoms with Crippen molar-refractivity contribution < 1.29 is 0 Å². The molecule has 0 aromatic carbocycles. The second-order valence-corrected chi connectivity index (χ2v) is 5.35. The van der Waals surface area contributed by atoms with Gasteiger partial charge in [0, 0.05) is 26.1 Å². The van der Waals surface area contributed by atoms with Crippen LogP contribution in [0.4, 0.5) is 5.82 Å². The molecule has 1 saturated carbocycles. The molecular formula is C12H18BrN3. The molecule has 0 saturated heterocycles. The molecule has 0 radical (unpaired) electrons. The molecule has 0 unspecified atom stereocenters. The van der Waals surface area contributed by atoms with Crippen molar-refractivity contribution in [2.24, 2.45) is 5.92 Å². The van der Waals surface area contributed by atoms with Crippen LogP contribution >= 0.6 is 15.9 Å². The molecule has 16 heavy (non-hydrogen) atoms. The van der Waals surface area contributed by atoms with E-state index in [1.165, 1.54) is 12.8 Å². The molecule has 1 aromatic heterocycles. The lowest BCUT2D eigenvalue weighted by Crippen LogP contribution is -2.21. The van der Waals surface area contributed by atoms with Crippen LogP contribution in [0.5, 0.6) is 0 Å². The molecule has 0 aliphatic heterocycles. The second kappa shape index (κ2) is 5.13. The number of aromatic nitrogens is 2. The molecular weight excluding hydrogens is 266 g/mol. The molecule has 0 bridgehead atoms. The third-order valence-corrected chi connectivity index (χ3v) is 3.23. The lowest BCUT2D eigenvalue weighted by atomic mass is 10.3. The van der Waals surface area contributed by atoms with E-state index < -0.39 is 0 Å². The molecule has 0 N–H and O–H groups in total. The van der Waals surface area contributed by atoms with E-state index in [0.717, 1.165) is 41.5 Å². The molecule has 0 spiro atoms. The monoisotopic (exact) mass is 283 g/mol. The predicted octanol–water partition coefficient (Wildman–Crippen LogP) is 3.04. The van der Waals surface area contributed by atoms with Crippen LogP contribution in [0.3, 0.4) is 0 Å². The maximum absolute atomic E-state index is 4.59. The van der Waals surface area contributed by atoms with E-state index in [9.17, 15) is 0 Å². The molecule has 3 nitrogen and oxygen atoms in total. The molecule has 4 heteroatoms. The summed E-state index contributed by atoms with van der Waals surface area (Å²) in [6, 6.07) is 2.00. The molecule has 1 aromatic rings. The maximum Gasteiger partial charge on any atom is 0.133 e. The fourth-order valence-corrected chi connectivity index (χ4v) is 2.17. The Bertz CT molecular complexity index is 363. The minimum atomic E-state index is 0.883. The van der Waals surface area contributed by atoms with E-state index in [2.05, 4.69) is 44.8 Å². The van der Waals surface area contributed by atoms with Gasteiger partial charge in [0.2, 0.25) is 0 Å². The Morgan fingerprint density at radius 3 is 2.81 bits per heavy atom. The first-order chi connectivity index (χ1) is 7.69. The molecule has 1 aliphatic rings. The first-order valence-corrected chi connectivity index (χ1v) is 6.73. The van der Waals surface area contributed by atoms with Crippen LogP contribution in [-0.2, 0) is 6.42 Å². The number of aryl methyl sites for hydroxylation is 1. The van der Waals surface area contributed by atoms with Gasteiger partial charge >= 0.3 is 0 Å². The van der Waals surface area contributed by atoms with Gasteiger partial charge < -0.3 is 4.90 Å². The van der Waals surface area contributed by atoms with Crippen LogP contribution in [0.2, 0.25) is 0 Å². The van der Waals surface area contributed by atoms with Crippen LogP contribution in [0.15, 0.2) is 10.7 Å². The highest BCUT2D eigenvalue weighted by Gasteiger charge is 2.23. The lowest BCUT2D eigenvalue weighted by molar-refractivity contribution is 0.759. The molecule has 1 aliphatic carbocycles. The first kappa shape index (κ1) is 11.8. The summed E-state index contributed by atoms with van der Waals surface area (Å²) >= 11 is 3.46. The quantitative estimate of drug-likeness (QED) is 0.778. The fourth-order valence-electron chi connectivity index (χ4n) is 1.76. The van der Waals surface area contributed by atoms with Gasteiger partial charge in [-0.2, -0.15) is 0 Å². The van der Waals surface area contributed by atoms with Crippen LogP contribution in [0, 0.1) is 5.92 Å². The van der Waals surface area contributed by atoms with Crippen molar-refractivity contribution in [2.75, 3.05) is 18.5 Å². The Balaban J connectivity index is 2.11. The van der Waals surface area contributed by atoms with E-state index in [0.29, 0.717) is 0 Å². The molecule has 0 amide bonds. The molecule has 88 valence electrons. The standard InChI is InChI=1S/C12H18BrN3/c1-3-4-11-14-10(13)7-12(15-11)16(2)8-9-5-6-9/h7,9H,3-6,8H2,1-2H3. The van der Waals surface area contributed by atoms with Gasteiger partial charge in [-0.3, -0.25) is 0 Å². The van der Waals surface area contributed by atoms with E-state index >= 15 is 0 Å². The van der Waals surface area contributed by atoms with Crippen LogP contribution in [0.1, 0.15) is 32.0 Å². The Morgan fingerprint density at radius 1 is 1.44 bits per heavy atom. The number of rotatable bonds is 5. The topological polar surface area (TPSA) is 29.0 Å². The van der Waals surface area contributed by atoms with Crippen molar-refractivity contribution in [1.82, 2.24) is 9.97 Å². The maximum atomic E-state index is 4.59. The summed E-state index contributed by atoms with van der Waals surface area (Å²) < 4.78 is 0.892. The van der Waals surface area contributed by atoms with Crippen molar-refractivity contribution in [3.05, 3.63) is 16.5 Å². The Kier molecular flexibility index (Phi) is 3.79. The summed E-state index contributed by atoms with van der Waals surface area (Å²) in [5.74, 6) is 2.86. The highest BCUT2D eigenvalue weighted by atomic mass is 79.9. The van der Waals surface area contributed by atoms with Gasteiger partial charge in [0.05, 0.1) is 0 Å². The lowest BCUT2D eigenvalue weighted by Gasteiger charge is -2.18. The molecule has 1 heterocycles. The van der Waals surface area contributed by atoms with Crippen molar-refractivity contribution in [3.8, 4) is 0 Å². The first-order valence-electron chi connectivity index (χ1n) is 5.93. The van der Waals surface area contributed by atoms with Crippen LogP contribution in [-0.4, -0.2) is 23.6 Å². The van der Waals surface area contributed by atoms with Gasteiger partial charge in [0.25, 0.3) is 0 Å². The van der Waals surface area contributed by atoms with Gasteiger partial charge in [-0.25, -0.2) is 9.97 Å². The predicted molar refractivity (Wildman–Crippen MR) is 69.7 cm³/mol. The highest BCUT2D eigenvalue weighted by Crippen LogP contribution is 2.30. The van der Waals surface area contributed by atoms with Gasteiger partial charge in [0.1, 0.15) is 16.2 Å². The van der Waals surface area contributed by atoms with Gasteiger partial charge in [0.15, 0.2) is 0 Å². The zero-order valence-electron chi connectivity index (χ0n) is 9.91. The summed E-state index contributed by atoms with van der Waals surface area (Å²) in [6.45, 7) is 3.27. The minimum Gasteiger partial charge on any atom is -0.359 e. The van der Waals surface area contributed by atoms with Crippen LogP contribution < -0.4 is 4.90 Å². The van der Waals surface area contributed by atoms with E-state index in [-0.39, 0.29) is 0 Å². The van der Waals surface area contributed by atoms with E-state index in [1.807, 2.05) is 6.07 Å². The number of anilines is 1. The number of halogens is 1. The smallest absolute Gasteiger partial charge is 0.133 e. The average molecular weight is 284 g/mol. The SMILES string of the molecule is CCCc1nc(Br)cc(N(C)CC2CC2)n1. The minimum absolute atomic E-state index is 0.883. The normalized spacial score (nSPS) is 15.2. The van der Waals surface area contributed by atoms with Crippen molar-refractivity contribution in [3.63, 3.8) is 0 Å². The largest absolute Gasteiger partial charge is 0.359 e. The summed E-state index contributed by atoms with van der Waals surface area (Å²) in [5.41, 5.74) is 0. The van der Waals surface area contributed by atoms with Crippen molar-refractivity contribution >= 4 is 21.7 Å². The fraction of sp³-hybridized carbons (Fsp3) is 0.667. The summed E-state index contributed by atoms with van der Waals surface area (Å²) in [6.07, 6.45) is 4.78. The van der Waals surface area contributed by atoms with Gasteiger partial charge in [-0.1, -0.05) is 6.92 Å². The summed E-state index contributed by atoms with van der Waals surface area (Å²) in [7, 11) is 2.11. The number of hydrogen-bond donors (Lipinski definition) is 0. The van der Waals surface area contributed by atoms with Gasteiger partial charge in [-0.15, -0.1) is 0 Å². The summed E-state index contributed by atoms with van der Waals surface area (Å²) in [4.78, 5) is 11.2. The number of nitrogens with zero attached hydrogens (tertiary/aromatic N) is 3. The van der Waals surface area contributed by atoms with E-state index in [1.54, 1.807) is 0 Å². The zero-order valence-corrected chi connectivity index (χ0v) is 11.5. The number of hydrogen-bond acceptors (Lipinski definition) is 3. The molecule has 1 fully saturated rings. The van der Waals surface area contributed by atoms with Crippen molar-refractivity contribution in [1.29, 1.82) is 0 Å². The zero-order chi connectivity index (χ0) is 11.5. The third kappa shape index (κ3) is 3.17. The van der Waals surface area contributed by atoms with Crippen LogP contribution in [0.25, 0.3) is 0 Å². The average Bonchev–Trinajstić information content (AvgIpc) is 3.01. The van der Waals surface area contributed by atoms with Gasteiger partial charge in [-0.05, 0) is 41.1 Å². The molecule has 2 rings (SSSR count). The summed E-state index contributed by atoms with van der Waals surface area (Å²) in [5, 5.41) is 0. The van der Waals surface area contributed by atoms with E-state index in [4.69, 9.17) is 0 Å². The Labute approximate surface area is 105 Å². The Morgan fingerprint density at radius 2 is 2.19 bits per heavy atom.